The Morgan fingerprint density at radius 1 is 1.40 bits per heavy atom. The number of unbranched alkanes of at least 4 members (excludes halogenated alkanes) is 2. The summed E-state index contributed by atoms with van der Waals surface area (Å²) in [6, 6.07) is 1.84. The van der Waals surface area contributed by atoms with Gasteiger partial charge in [-0.3, -0.25) is 4.98 Å². The predicted octanol–water partition coefficient (Wildman–Crippen LogP) is 2.70. The Bertz CT molecular complexity index is 289. The Labute approximate surface area is 91.1 Å². The van der Waals surface area contributed by atoms with Crippen LogP contribution in [0.4, 0.5) is 0 Å². The maximum absolute atomic E-state index is 9.87. The van der Waals surface area contributed by atoms with Gasteiger partial charge < -0.3 is 9.84 Å². The molecule has 3 heteroatoms. The molecule has 0 spiro atoms. The van der Waals surface area contributed by atoms with Crippen molar-refractivity contribution in [2.75, 3.05) is 7.11 Å². The Kier molecular flexibility index (Phi) is 5.12. The van der Waals surface area contributed by atoms with E-state index in [1.165, 1.54) is 6.42 Å². The second-order valence-corrected chi connectivity index (χ2v) is 3.67. The van der Waals surface area contributed by atoms with Crippen LogP contribution in [0.5, 0.6) is 5.75 Å². The van der Waals surface area contributed by atoms with Crippen molar-refractivity contribution in [2.24, 2.45) is 0 Å². The molecule has 0 amide bonds. The number of hydrogen-bond donors (Lipinski definition) is 1. The standard InChI is InChI=1S/C12H19NO2/c1-3-4-5-6-12(14)10-7-11(15-2)9-13-8-10/h7-9,12,14H,3-6H2,1-2H3. The molecular weight excluding hydrogens is 190 g/mol. The minimum Gasteiger partial charge on any atom is -0.495 e. The summed E-state index contributed by atoms with van der Waals surface area (Å²) in [5.74, 6) is 0.696. The summed E-state index contributed by atoms with van der Waals surface area (Å²) in [5.41, 5.74) is 0.838. The Hall–Kier alpha value is -1.09. The van der Waals surface area contributed by atoms with Crippen LogP contribution < -0.4 is 4.74 Å². The minimum atomic E-state index is -0.417. The highest BCUT2D eigenvalue weighted by Crippen LogP contribution is 2.21. The van der Waals surface area contributed by atoms with Gasteiger partial charge in [-0.2, -0.15) is 0 Å². The molecule has 1 N–H and O–H groups in total. The second kappa shape index (κ2) is 6.40. The number of ether oxygens (including phenoxy) is 1. The molecule has 1 atom stereocenters. The quantitative estimate of drug-likeness (QED) is 0.732. The van der Waals surface area contributed by atoms with Crippen molar-refractivity contribution >= 4 is 0 Å². The van der Waals surface area contributed by atoms with Crippen LogP contribution in [0.15, 0.2) is 18.5 Å². The van der Waals surface area contributed by atoms with Crippen LogP contribution in [0, 0.1) is 0 Å². The molecule has 1 rings (SSSR count). The molecule has 1 aromatic heterocycles. The van der Waals surface area contributed by atoms with Crippen LogP contribution in [0.25, 0.3) is 0 Å². The lowest BCUT2D eigenvalue weighted by Crippen LogP contribution is -1.98. The van der Waals surface area contributed by atoms with E-state index in [0.29, 0.717) is 5.75 Å². The van der Waals surface area contributed by atoms with E-state index in [2.05, 4.69) is 11.9 Å². The molecule has 0 aliphatic rings. The van der Waals surface area contributed by atoms with E-state index in [1.54, 1.807) is 19.5 Å². The second-order valence-electron chi connectivity index (χ2n) is 3.67. The van der Waals surface area contributed by atoms with Gasteiger partial charge in [-0.1, -0.05) is 26.2 Å². The summed E-state index contributed by atoms with van der Waals surface area (Å²) in [6.45, 7) is 2.15. The first-order valence-corrected chi connectivity index (χ1v) is 5.45. The molecular formula is C12H19NO2. The molecule has 0 saturated heterocycles. The van der Waals surface area contributed by atoms with Gasteiger partial charge in [0.05, 0.1) is 19.4 Å². The summed E-state index contributed by atoms with van der Waals surface area (Å²) in [6.07, 6.45) is 7.09. The van der Waals surface area contributed by atoms with E-state index in [1.807, 2.05) is 6.07 Å². The number of pyridine rings is 1. The zero-order valence-corrected chi connectivity index (χ0v) is 9.44. The first kappa shape index (κ1) is 12.0. The van der Waals surface area contributed by atoms with Gasteiger partial charge in [0.25, 0.3) is 0 Å². The van der Waals surface area contributed by atoms with Crippen LogP contribution >= 0.6 is 0 Å². The van der Waals surface area contributed by atoms with Gasteiger partial charge in [0, 0.05) is 11.8 Å². The molecule has 0 aromatic carbocycles. The minimum absolute atomic E-state index is 0.417. The molecule has 1 aromatic rings. The first-order valence-electron chi connectivity index (χ1n) is 5.45. The average molecular weight is 209 g/mol. The zero-order chi connectivity index (χ0) is 11.1. The topological polar surface area (TPSA) is 42.4 Å². The van der Waals surface area contributed by atoms with Gasteiger partial charge in [0.2, 0.25) is 0 Å². The van der Waals surface area contributed by atoms with E-state index < -0.39 is 6.10 Å². The number of aromatic nitrogens is 1. The smallest absolute Gasteiger partial charge is 0.137 e. The van der Waals surface area contributed by atoms with Crippen molar-refractivity contribution in [2.45, 2.75) is 38.7 Å². The largest absolute Gasteiger partial charge is 0.495 e. The summed E-state index contributed by atoms with van der Waals surface area (Å²) in [5, 5.41) is 9.87. The van der Waals surface area contributed by atoms with Crippen molar-refractivity contribution in [3.63, 3.8) is 0 Å². The van der Waals surface area contributed by atoms with E-state index in [9.17, 15) is 5.11 Å². The third-order valence-corrected chi connectivity index (χ3v) is 2.44. The normalized spacial score (nSPS) is 12.5. The molecule has 0 aliphatic carbocycles. The first-order chi connectivity index (χ1) is 7.27. The number of aliphatic hydroxyl groups excluding tert-OH is 1. The van der Waals surface area contributed by atoms with Crippen molar-refractivity contribution in [3.05, 3.63) is 24.0 Å². The molecule has 0 fully saturated rings. The molecule has 3 nitrogen and oxygen atoms in total. The zero-order valence-electron chi connectivity index (χ0n) is 9.44. The lowest BCUT2D eigenvalue weighted by atomic mass is 10.0. The fraction of sp³-hybridized carbons (Fsp3) is 0.583. The van der Waals surface area contributed by atoms with Gasteiger partial charge in [0.15, 0.2) is 0 Å². The fourth-order valence-corrected chi connectivity index (χ4v) is 1.48. The summed E-state index contributed by atoms with van der Waals surface area (Å²) < 4.78 is 5.06. The lowest BCUT2D eigenvalue weighted by molar-refractivity contribution is 0.163. The SMILES string of the molecule is CCCCCC(O)c1cncc(OC)c1. The van der Waals surface area contributed by atoms with Crippen LogP contribution in [0.2, 0.25) is 0 Å². The predicted molar refractivity (Wildman–Crippen MR) is 59.9 cm³/mol. The molecule has 0 aliphatic heterocycles. The highest BCUT2D eigenvalue weighted by atomic mass is 16.5. The highest BCUT2D eigenvalue weighted by Gasteiger charge is 2.08. The third-order valence-electron chi connectivity index (χ3n) is 2.44. The molecule has 84 valence electrons. The molecule has 1 unspecified atom stereocenters. The number of nitrogens with zero attached hydrogens (tertiary/aromatic N) is 1. The van der Waals surface area contributed by atoms with Crippen LogP contribution in [0.1, 0.15) is 44.3 Å². The molecule has 1 heterocycles. The van der Waals surface area contributed by atoms with Crippen LogP contribution in [-0.4, -0.2) is 17.2 Å². The van der Waals surface area contributed by atoms with Crippen molar-refractivity contribution in [1.29, 1.82) is 0 Å². The van der Waals surface area contributed by atoms with Crippen LogP contribution in [-0.2, 0) is 0 Å². The van der Waals surface area contributed by atoms with Crippen molar-refractivity contribution in [3.8, 4) is 5.75 Å². The van der Waals surface area contributed by atoms with Gasteiger partial charge >= 0.3 is 0 Å². The number of aliphatic hydroxyl groups is 1. The van der Waals surface area contributed by atoms with Gasteiger partial charge in [-0.25, -0.2) is 0 Å². The molecule has 0 bridgehead atoms. The Morgan fingerprint density at radius 3 is 2.87 bits per heavy atom. The van der Waals surface area contributed by atoms with Crippen molar-refractivity contribution in [1.82, 2.24) is 4.98 Å². The van der Waals surface area contributed by atoms with Gasteiger partial charge in [-0.15, -0.1) is 0 Å². The Morgan fingerprint density at radius 2 is 2.20 bits per heavy atom. The van der Waals surface area contributed by atoms with E-state index in [4.69, 9.17) is 4.74 Å². The monoisotopic (exact) mass is 209 g/mol. The maximum atomic E-state index is 9.87. The summed E-state index contributed by atoms with van der Waals surface area (Å²) in [7, 11) is 1.60. The molecule has 0 saturated carbocycles. The maximum Gasteiger partial charge on any atom is 0.137 e. The molecule has 0 radical (unpaired) electrons. The summed E-state index contributed by atoms with van der Waals surface area (Å²) in [4.78, 5) is 4.02. The number of rotatable bonds is 6. The number of methoxy groups -OCH3 is 1. The fourth-order valence-electron chi connectivity index (χ4n) is 1.48. The van der Waals surface area contributed by atoms with E-state index in [0.717, 1.165) is 24.8 Å². The van der Waals surface area contributed by atoms with E-state index >= 15 is 0 Å². The Balaban J connectivity index is 2.52. The third kappa shape index (κ3) is 3.88. The van der Waals surface area contributed by atoms with Crippen molar-refractivity contribution < 1.29 is 9.84 Å². The van der Waals surface area contributed by atoms with Gasteiger partial charge in [0.1, 0.15) is 5.75 Å². The molecule has 15 heavy (non-hydrogen) atoms. The average Bonchev–Trinajstić information content (AvgIpc) is 2.29. The summed E-state index contributed by atoms with van der Waals surface area (Å²) >= 11 is 0. The van der Waals surface area contributed by atoms with Crippen LogP contribution in [0.3, 0.4) is 0 Å². The lowest BCUT2D eigenvalue weighted by Gasteiger charge is -2.10. The number of hydrogen-bond acceptors (Lipinski definition) is 3. The highest BCUT2D eigenvalue weighted by molar-refractivity contribution is 5.24. The van der Waals surface area contributed by atoms with Gasteiger partial charge in [-0.05, 0) is 12.5 Å². The van der Waals surface area contributed by atoms with E-state index in [-0.39, 0.29) is 0 Å².